The molecular formula is C11H25NO2. The molecule has 0 saturated heterocycles. The number of nitrogens with two attached hydrogens (primary N) is 1. The molecule has 0 saturated carbocycles. The molecule has 0 fully saturated rings. The van der Waals surface area contributed by atoms with Crippen molar-refractivity contribution in [3.05, 3.63) is 0 Å². The van der Waals surface area contributed by atoms with Gasteiger partial charge in [-0.25, -0.2) is 0 Å². The van der Waals surface area contributed by atoms with Crippen LogP contribution < -0.4 is 5.73 Å². The Kier molecular flexibility index (Phi) is 8.14. The third-order valence-corrected chi connectivity index (χ3v) is 2.56. The van der Waals surface area contributed by atoms with Gasteiger partial charge in [-0.3, -0.25) is 0 Å². The fourth-order valence-electron chi connectivity index (χ4n) is 1.67. The predicted octanol–water partition coefficient (Wildman–Crippen LogP) is 1.66. The van der Waals surface area contributed by atoms with Crippen LogP contribution in [0.5, 0.6) is 0 Å². The van der Waals surface area contributed by atoms with Crippen LogP contribution in [0.25, 0.3) is 0 Å². The average molecular weight is 203 g/mol. The third-order valence-electron chi connectivity index (χ3n) is 2.56. The lowest BCUT2D eigenvalue weighted by Crippen LogP contribution is -2.31. The Morgan fingerprint density at radius 2 is 1.71 bits per heavy atom. The minimum Gasteiger partial charge on any atom is -0.382 e. The zero-order valence-electron chi connectivity index (χ0n) is 9.95. The van der Waals surface area contributed by atoms with Gasteiger partial charge >= 0.3 is 0 Å². The first-order chi connectivity index (χ1) is 6.59. The summed E-state index contributed by atoms with van der Waals surface area (Å²) in [4.78, 5) is 0. The summed E-state index contributed by atoms with van der Waals surface area (Å²) in [6, 6.07) is 0.251. The maximum atomic E-state index is 5.90. The van der Waals surface area contributed by atoms with Gasteiger partial charge in [0, 0.05) is 19.8 Å². The van der Waals surface area contributed by atoms with Gasteiger partial charge in [-0.1, -0.05) is 13.8 Å². The normalized spacial score (nSPS) is 15.9. The second-order valence-corrected chi connectivity index (χ2v) is 4.16. The lowest BCUT2D eigenvalue weighted by molar-refractivity contribution is 0.0589. The first kappa shape index (κ1) is 13.9. The highest BCUT2D eigenvalue weighted by Gasteiger charge is 2.17. The highest BCUT2D eigenvalue weighted by atomic mass is 16.5. The fourth-order valence-corrected chi connectivity index (χ4v) is 1.67. The van der Waals surface area contributed by atoms with Crippen LogP contribution in [0.2, 0.25) is 0 Å². The number of rotatable bonds is 8. The summed E-state index contributed by atoms with van der Waals surface area (Å²) < 4.78 is 10.3. The third kappa shape index (κ3) is 6.35. The monoisotopic (exact) mass is 203 g/mol. The van der Waals surface area contributed by atoms with E-state index >= 15 is 0 Å². The summed E-state index contributed by atoms with van der Waals surface area (Å²) in [7, 11) is 1.68. The van der Waals surface area contributed by atoms with Gasteiger partial charge < -0.3 is 15.2 Å². The van der Waals surface area contributed by atoms with Gasteiger partial charge in [-0.05, 0) is 25.2 Å². The van der Waals surface area contributed by atoms with Crippen LogP contribution in [0.15, 0.2) is 0 Å². The maximum Gasteiger partial charge on any atom is 0.0700 e. The van der Waals surface area contributed by atoms with Crippen molar-refractivity contribution in [1.29, 1.82) is 0 Å². The zero-order valence-corrected chi connectivity index (χ0v) is 9.95. The van der Waals surface area contributed by atoms with Crippen molar-refractivity contribution in [2.24, 2.45) is 17.6 Å². The van der Waals surface area contributed by atoms with Crippen molar-refractivity contribution in [2.45, 2.75) is 33.2 Å². The van der Waals surface area contributed by atoms with Crippen LogP contribution in [0.4, 0.5) is 0 Å². The van der Waals surface area contributed by atoms with E-state index in [-0.39, 0.29) is 6.04 Å². The molecule has 0 aromatic carbocycles. The molecule has 0 amide bonds. The van der Waals surface area contributed by atoms with Crippen LogP contribution in [0, 0.1) is 11.8 Å². The molecule has 0 aliphatic heterocycles. The number of methoxy groups -OCH3 is 1. The van der Waals surface area contributed by atoms with E-state index in [1.807, 2.05) is 0 Å². The molecule has 0 spiro atoms. The summed E-state index contributed by atoms with van der Waals surface area (Å²) in [5.41, 5.74) is 5.90. The Morgan fingerprint density at radius 3 is 2.14 bits per heavy atom. The van der Waals surface area contributed by atoms with Gasteiger partial charge in [0.2, 0.25) is 0 Å². The van der Waals surface area contributed by atoms with E-state index in [2.05, 4.69) is 20.8 Å². The summed E-state index contributed by atoms with van der Waals surface area (Å²) in [5.74, 6) is 1.18. The van der Waals surface area contributed by atoms with Gasteiger partial charge in [0.25, 0.3) is 0 Å². The molecule has 86 valence electrons. The lowest BCUT2D eigenvalue weighted by atomic mass is 9.87. The lowest BCUT2D eigenvalue weighted by Gasteiger charge is -2.24. The molecule has 2 unspecified atom stereocenters. The van der Waals surface area contributed by atoms with Crippen molar-refractivity contribution in [1.82, 2.24) is 0 Å². The first-order valence-electron chi connectivity index (χ1n) is 5.41. The Balaban J connectivity index is 3.52. The van der Waals surface area contributed by atoms with E-state index in [1.54, 1.807) is 7.11 Å². The Morgan fingerprint density at radius 1 is 1.07 bits per heavy atom. The summed E-state index contributed by atoms with van der Waals surface area (Å²) in [6.07, 6.45) is 1.04. The molecule has 0 bridgehead atoms. The molecule has 2 N–H and O–H groups in total. The number of hydrogen-bond acceptors (Lipinski definition) is 3. The van der Waals surface area contributed by atoms with Crippen LogP contribution >= 0.6 is 0 Å². The molecule has 14 heavy (non-hydrogen) atoms. The molecule has 0 aromatic rings. The average Bonchev–Trinajstić information content (AvgIpc) is 2.09. The maximum absolute atomic E-state index is 5.90. The van der Waals surface area contributed by atoms with Gasteiger partial charge in [0.05, 0.1) is 13.2 Å². The second-order valence-electron chi connectivity index (χ2n) is 4.16. The highest BCUT2D eigenvalue weighted by molar-refractivity contribution is 4.71. The zero-order chi connectivity index (χ0) is 11.0. The van der Waals surface area contributed by atoms with Gasteiger partial charge in [0.15, 0.2) is 0 Å². The van der Waals surface area contributed by atoms with Crippen molar-refractivity contribution in [3.8, 4) is 0 Å². The Bertz CT molecular complexity index is 118. The molecule has 3 heteroatoms. The van der Waals surface area contributed by atoms with Crippen LogP contribution in [-0.4, -0.2) is 33.0 Å². The molecule has 0 heterocycles. The minimum absolute atomic E-state index is 0.251. The molecule has 0 aliphatic rings. The quantitative estimate of drug-likeness (QED) is 0.610. The summed E-state index contributed by atoms with van der Waals surface area (Å²) >= 11 is 0. The van der Waals surface area contributed by atoms with Crippen molar-refractivity contribution < 1.29 is 9.47 Å². The van der Waals surface area contributed by atoms with E-state index in [0.29, 0.717) is 25.0 Å². The fraction of sp³-hybridized carbons (Fsp3) is 1.00. The molecule has 0 rings (SSSR count). The molecule has 2 atom stereocenters. The van der Waals surface area contributed by atoms with Crippen LogP contribution in [0.1, 0.15) is 27.2 Å². The topological polar surface area (TPSA) is 44.5 Å². The molecular weight excluding hydrogens is 178 g/mol. The van der Waals surface area contributed by atoms with Gasteiger partial charge in [-0.2, -0.15) is 0 Å². The van der Waals surface area contributed by atoms with Crippen molar-refractivity contribution in [2.75, 3.05) is 26.9 Å². The molecule has 3 nitrogen and oxygen atoms in total. The first-order valence-corrected chi connectivity index (χ1v) is 5.41. The van der Waals surface area contributed by atoms with Gasteiger partial charge in [0.1, 0.15) is 0 Å². The second kappa shape index (κ2) is 8.21. The number of ether oxygens (including phenoxy) is 2. The highest BCUT2D eigenvalue weighted by Crippen LogP contribution is 2.17. The van der Waals surface area contributed by atoms with E-state index < -0.39 is 0 Å². The van der Waals surface area contributed by atoms with E-state index in [9.17, 15) is 0 Å². The van der Waals surface area contributed by atoms with Crippen molar-refractivity contribution >= 4 is 0 Å². The Hall–Kier alpha value is -0.120. The van der Waals surface area contributed by atoms with Crippen LogP contribution in [0.3, 0.4) is 0 Å². The molecule has 0 aromatic heterocycles. The molecule has 0 radical (unpaired) electrons. The number of hydrogen-bond donors (Lipinski definition) is 1. The standard InChI is InChI=1S/C11H25NO2/c1-9(2)11(10(3)12)5-6-14-8-7-13-4/h9-11H,5-8,12H2,1-4H3. The summed E-state index contributed by atoms with van der Waals surface area (Å²) in [6.45, 7) is 8.63. The van der Waals surface area contributed by atoms with E-state index in [1.165, 1.54) is 0 Å². The van der Waals surface area contributed by atoms with Gasteiger partial charge in [-0.15, -0.1) is 0 Å². The Labute approximate surface area is 88.0 Å². The van der Waals surface area contributed by atoms with E-state index in [4.69, 9.17) is 15.2 Å². The smallest absolute Gasteiger partial charge is 0.0700 e. The van der Waals surface area contributed by atoms with Crippen LogP contribution in [-0.2, 0) is 9.47 Å². The summed E-state index contributed by atoms with van der Waals surface area (Å²) in [5, 5.41) is 0. The minimum atomic E-state index is 0.251. The SMILES string of the molecule is COCCOCCC(C(C)C)C(C)N. The molecule has 0 aliphatic carbocycles. The largest absolute Gasteiger partial charge is 0.382 e. The van der Waals surface area contributed by atoms with E-state index in [0.717, 1.165) is 13.0 Å². The van der Waals surface area contributed by atoms with Crippen molar-refractivity contribution in [3.63, 3.8) is 0 Å². The predicted molar refractivity (Wildman–Crippen MR) is 59.3 cm³/mol.